The predicted molar refractivity (Wildman–Crippen MR) is 94.2 cm³/mol. The number of phenolic OH excluding ortho intramolecular Hbond substituents is 4. The lowest BCUT2D eigenvalue weighted by atomic mass is 9.82. The third-order valence-corrected chi connectivity index (χ3v) is 4.72. The SMILES string of the molecule is Cc1ccc(C2c3c(O)cc(O)cc3OC(c3ccc(O)c(O)c3)C2O)o1. The first-order chi connectivity index (χ1) is 12.8. The van der Waals surface area contributed by atoms with Gasteiger partial charge in [0, 0.05) is 17.7 Å². The highest BCUT2D eigenvalue weighted by atomic mass is 16.5. The maximum atomic E-state index is 11.0. The fraction of sp³-hybridized carbons (Fsp3) is 0.200. The van der Waals surface area contributed by atoms with Gasteiger partial charge in [0.2, 0.25) is 0 Å². The van der Waals surface area contributed by atoms with Crippen LogP contribution in [0.1, 0.15) is 34.7 Å². The molecule has 1 aromatic heterocycles. The van der Waals surface area contributed by atoms with Crippen molar-refractivity contribution in [1.82, 2.24) is 0 Å². The second-order valence-corrected chi connectivity index (χ2v) is 6.58. The molecular weight excluding hydrogens is 352 g/mol. The number of aromatic hydroxyl groups is 4. The number of aliphatic hydroxyl groups excluding tert-OH is 1. The molecule has 7 heteroatoms. The van der Waals surface area contributed by atoms with Gasteiger partial charge in [-0.1, -0.05) is 6.07 Å². The van der Waals surface area contributed by atoms with E-state index < -0.39 is 18.1 Å². The van der Waals surface area contributed by atoms with Crippen LogP contribution in [0.25, 0.3) is 0 Å². The lowest BCUT2D eigenvalue weighted by molar-refractivity contribution is 0.00302. The van der Waals surface area contributed by atoms with E-state index in [2.05, 4.69) is 0 Å². The molecule has 0 aliphatic carbocycles. The Bertz CT molecular complexity index is 1010. The van der Waals surface area contributed by atoms with Crippen molar-refractivity contribution in [2.75, 3.05) is 0 Å². The molecule has 3 unspecified atom stereocenters. The average Bonchev–Trinajstić information content (AvgIpc) is 3.03. The summed E-state index contributed by atoms with van der Waals surface area (Å²) in [4.78, 5) is 0. The fourth-order valence-electron chi connectivity index (χ4n) is 3.47. The Kier molecular flexibility index (Phi) is 3.89. The summed E-state index contributed by atoms with van der Waals surface area (Å²) in [5, 5.41) is 50.6. The lowest BCUT2D eigenvalue weighted by Gasteiger charge is -2.36. The van der Waals surface area contributed by atoms with Crippen LogP contribution in [-0.4, -0.2) is 31.6 Å². The molecule has 0 saturated heterocycles. The first-order valence-electron chi connectivity index (χ1n) is 8.34. The van der Waals surface area contributed by atoms with Gasteiger partial charge in [-0.15, -0.1) is 0 Å². The van der Waals surface area contributed by atoms with Crippen molar-refractivity contribution < 1.29 is 34.7 Å². The molecule has 7 nitrogen and oxygen atoms in total. The molecule has 2 heterocycles. The van der Waals surface area contributed by atoms with E-state index in [4.69, 9.17) is 9.15 Å². The Hall–Kier alpha value is -3.32. The van der Waals surface area contributed by atoms with E-state index in [0.29, 0.717) is 22.6 Å². The number of rotatable bonds is 2. The second-order valence-electron chi connectivity index (χ2n) is 6.58. The highest BCUT2D eigenvalue weighted by Crippen LogP contribution is 2.51. The maximum absolute atomic E-state index is 11.0. The minimum atomic E-state index is -1.16. The van der Waals surface area contributed by atoms with Crippen LogP contribution in [0.4, 0.5) is 0 Å². The summed E-state index contributed by atoms with van der Waals surface area (Å²) in [6, 6.07) is 10.1. The number of hydrogen-bond donors (Lipinski definition) is 5. The number of ether oxygens (including phenoxy) is 1. The zero-order valence-corrected chi connectivity index (χ0v) is 14.3. The molecule has 0 spiro atoms. The summed E-state index contributed by atoms with van der Waals surface area (Å²) in [7, 11) is 0. The summed E-state index contributed by atoms with van der Waals surface area (Å²) < 4.78 is 11.5. The molecule has 0 radical (unpaired) electrons. The van der Waals surface area contributed by atoms with Crippen molar-refractivity contribution in [3.05, 3.63) is 65.1 Å². The topological polar surface area (TPSA) is 124 Å². The molecule has 4 rings (SSSR count). The van der Waals surface area contributed by atoms with Crippen molar-refractivity contribution in [2.45, 2.75) is 25.0 Å². The Morgan fingerprint density at radius 1 is 0.852 bits per heavy atom. The smallest absolute Gasteiger partial charge is 0.157 e. The zero-order valence-electron chi connectivity index (χ0n) is 14.3. The zero-order chi connectivity index (χ0) is 19.3. The summed E-state index contributed by atoms with van der Waals surface area (Å²) in [6.45, 7) is 1.77. The van der Waals surface area contributed by atoms with Gasteiger partial charge in [-0.2, -0.15) is 0 Å². The van der Waals surface area contributed by atoms with E-state index in [1.807, 2.05) is 0 Å². The maximum Gasteiger partial charge on any atom is 0.157 e. The van der Waals surface area contributed by atoms with Gasteiger partial charge >= 0.3 is 0 Å². The summed E-state index contributed by atoms with van der Waals surface area (Å²) in [5.41, 5.74) is 0.716. The molecule has 0 bridgehead atoms. The van der Waals surface area contributed by atoms with Crippen molar-refractivity contribution in [3.63, 3.8) is 0 Å². The lowest BCUT2D eigenvalue weighted by Crippen LogP contribution is -2.35. The van der Waals surface area contributed by atoms with Gasteiger partial charge in [-0.3, -0.25) is 0 Å². The fourth-order valence-corrected chi connectivity index (χ4v) is 3.47. The van der Waals surface area contributed by atoms with E-state index in [1.54, 1.807) is 19.1 Å². The number of furan rings is 1. The number of hydrogen-bond acceptors (Lipinski definition) is 7. The van der Waals surface area contributed by atoms with Crippen LogP contribution in [0.5, 0.6) is 28.7 Å². The van der Waals surface area contributed by atoms with E-state index >= 15 is 0 Å². The van der Waals surface area contributed by atoms with Gasteiger partial charge in [-0.05, 0) is 36.8 Å². The molecule has 3 atom stereocenters. The van der Waals surface area contributed by atoms with E-state index in [1.165, 1.54) is 30.3 Å². The van der Waals surface area contributed by atoms with E-state index in [0.717, 1.165) is 0 Å². The number of phenols is 4. The molecule has 2 aromatic carbocycles. The predicted octanol–water partition coefficient (Wildman–Crippen LogP) is 3.04. The molecule has 0 fully saturated rings. The van der Waals surface area contributed by atoms with Crippen LogP contribution in [-0.2, 0) is 0 Å². The number of benzene rings is 2. The first kappa shape index (κ1) is 17.1. The molecule has 27 heavy (non-hydrogen) atoms. The third-order valence-electron chi connectivity index (χ3n) is 4.72. The van der Waals surface area contributed by atoms with Gasteiger partial charge in [0.1, 0.15) is 34.9 Å². The van der Waals surface area contributed by atoms with Crippen LogP contribution in [0.3, 0.4) is 0 Å². The molecule has 1 aliphatic rings. The summed E-state index contributed by atoms with van der Waals surface area (Å²) in [6.07, 6.45) is -2.09. The van der Waals surface area contributed by atoms with Gasteiger partial charge in [-0.25, -0.2) is 0 Å². The van der Waals surface area contributed by atoms with Crippen LogP contribution in [0.2, 0.25) is 0 Å². The Morgan fingerprint density at radius 3 is 2.30 bits per heavy atom. The number of aryl methyl sites for hydroxylation is 1. The molecule has 3 aromatic rings. The minimum Gasteiger partial charge on any atom is -0.508 e. The average molecular weight is 370 g/mol. The molecule has 5 N–H and O–H groups in total. The van der Waals surface area contributed by atoms with Crippen molar-refractivity contribution in [3.8, 4) is 28.7 Å². The van der Waals surface area contributed by atoms with Crippen LogP contribution in [0.15, 0.2) is 46.9 Å². The molecule has 0 saturated carbocycles. The largest absolute Gasteiger partial charge is 0.508 e. The standard InChI is InChI=1S/C20H18O7/c1-9-2-5-15(26-9)18-17-14(24)7-11(21)8-16(17)27-20(19(18)25)10-3-4-12(22)13(23)6-10/h2-8,18-25H,1H3. The van der Waals surface area contributed by atoms with Gasteiger partial charge in [0.25, 0.3) is 0 Å². The monoisotopic (exact) mass is 370 g/mol. The highest BCUT2D eigenvalue weighted by Gasteiger charge is 2.42. The second kappa shape index (κ2) is 6.14. The summed E-state index contributed by atoms with van der Waals surface area (Å²) in [5.74, 6) is -0.560. The van der Waals surface area contributed by atoms with Gasteiger partial charge in [0.15, 0.2) is 17.6 Å². The van der Waals surface area contributed by atoms with Crippen molar-refractivity contribution >= 4 is 0 Å². The number of aliphatic hydroxyl groups is 1. The third kappa shape index (κ3) is 2.82. The Morgan fingerprint density at radius 2 is 1.63 bits per heavy atom. The molecular formula is C20H18O7. The number of fused-ring (bicyclic) bond motifs is 1. The Labute approximate surface area is 154 Å². The van der Waals surface area contributed by atoms with Crippen molar-refractivity contribution in [1.29, 1.82) is 0 Å². The molecule has 140 valence electrons. The minimum absolute atomic E-state index is 0.189. The van der Waals surface area contributed by atoms with Crippen LogP contribution in [0, 0.1) is 6.92 Å². The quantitative estimate of drug-likeness (QED) is 0.439. The van der Waals surface area contributed by atoms with Crippen LogP contribution >= 0.6 is 0 Å². The molecule has 0 amide bonds. The first-order valence-corrected chi connectivity index (χ1v) is 8.34. The van der Waals surface area contributed by atoms with Gasteiger partial charge in [0.05, 0.1) is 5.92 Å². The summed E-state index contributed by atoms with van der Waals surface area (Å²) >= 11 is 0. The van der Waals surface area contributed by atoms with Crippen molar-refractivity contribution in [2.24, 2.45) is 0 Å². The van der Waals surface area contributed by atoms with Gasteiger partial charge < -0.3 is 34.7 Å². The van der Waals surface area contributed by atoms with Crippen LogP contribution < -0.4 is 4.74 Å². The van der Waals surface area contributed by atoms with E-state index in [-0.39, 0.29) is 28.7 Å². The molecule has 1 aliphatic heterocycles. The van der Waals surface area contributed by atoms with E-state index in [9.17, 15) is 25.5 Å². The highest BCUT2D eigenvalue weighted by molar-refractivity contribution is 5.56. The normalized spacial score (nSPS) is 21.5. The Balaban J connectivity index is 1.88.